The summed E-state index contributed by atoms with van der Waals surface area (Å²) in [6.07, 6.45) is 0.876. The fraction of sp³-hybridized carbons (Fsp3) is 0.357. The van der Waals surface area contributed by atoms with Crippen LogP contribution >= 0.6 is 0 Å². The van der Waals surface area contributed by atoms with Crippen LogP contribution in [0.5, 0.6) is 0 Å². The lowest BCUT2D eigenvalue weighted by atomic mass is 10.1. The van der Waals surface area contributed by atoms with Crippen LogP contribution in [0.4, 0.5) is 4.39 Å². The number of aromatic amines is 1. The molecule has 1 aromatic carbocycles. The van der Waals surface area contributed by atoms with Gasteiger partial charge in [0.15, 0.2) is 0 Å². The number of hydrogen-bond donors (Lipinski definition) is 2. The van der Waals surface area contributed by atoms with E-state index in [4.69, 9.17) is 0 Å². The van der Waals surface area contributed by atoms with Gasteiger partial charge in [0.05, 0.1) is 5.56 Å². The monoisotopic (exact) mass is 248 g/mol. The second kappa shape index (κ2) is 4.80. The highest BCUT2D eigenvalue weighted by Crippen LogP contribution is 2.25. The van der Waals surface area contributed by atoms with Crippen LogP contribution in [-0.4, -0.2) is 17.4 Å². The molecule has 0 spiro atoms. The summed E-state index contributed by atoms with van der Waals surface area (Å²) < 4.78 is 13.5. The van der Waals surface area contributed by atoms with Crippen LogP contribution in [0.25, 0.3) is 10.9 Å². The molecule has 2 N–H and O–H groups in total. The van der Waals surface area contributed by atoms with Gasteiger partial charge in [0.2, 0.25) is 0 Å². The number of fused-ring (bicyclic) bond motifs is 1. The number of aromatic nitrogens is 1. The predicted octanol–water partition coefficient (Wildman–Crippen LogP) is 3.06. The Morgan fingerprint density at radius 2 is 2.11 bits per heavy atom. The summed E-state index contributed by atoms with van der Waals surface area (Å²) in [4.78, 5) is 15.2. The molecule has 4 heteroatoms. The van der Waals surface area contributed by atoms with Crippen molar-refractivity contribution < 1.29 is 9.18 Å². The lowest BCUT2D eigenvalue weighted by Gasteiger charge is -2.04. The summed E-state index contributed by atoms with van der Waals surface area (Å²) in [6.45, 7) is 6.28. The first-order valence-electron chi connectivity index (χ1n) is 6.11. The van der Waals surface area contributed by atoms with Gasteiger partial charge in [0.25, 0.3) is 5.91 Å². The fourth-order valence-corrected chi connectivity index (χ4v) is 2.18. The summed E-state index contributed by atoms with van der Waals surface area (Å²) in [5.41, 5.74) is 2.95. The molecule has 3 nitrogen and oxygen atoms in total. The highest BCUT2D eigenvalue weighted by molar-refractivity contribution is 6.08. The van der Waals surface area contributed by atoms with E-state index in [1.807, 2.05) is 20.8 Å². The van der Waals surface area contributed by atoms with Crippen molar-refractivity contribution in [2.24, 2.45) is 0 Å². The van der Waals surface area contributed by atoms with Gasteiger partial charge in [-0.1, -0.05) is 6.92 Å². The van der Waals surface area contributed by atoms with E-state index in [0.29, 0.717) is 17.5 Å². The van der Waals surface area contributed by atoms with Gasteiger partial charge in [-0.15, -0.1) is 0 Å². The van der Waals surface area contributed by atoms with Crippen molar-refractivity contribution in [3.8, 4) is 0 Å². The zero-order valence-corrected chi connectivity index (χ0v) is 10.9. The standard InChI is InChI=1S/C14H17FN2O/c1-4-5-16-14(18)12-9(3)17-13-8(2)6-10(15)7-11(12)13/h6-7,17H,4-5H2,1-3H3,(H,16,18). The zero-order valence-electron chi connectivity index (χ0n) is 10.9. The predicted molar refractivity (Wildman–Crippen MR) is 70.4 cm³/mol. The fourth-order valence-electron chi connectivity index (χ4n) is 2.18. The van der Waals surface area contributed by atoms with Gasteiger partial charge in [-0.05, 0) is 38.0 Å². The molecule has 0 saturated heterocycles. The normalized spacial score (nSPS) is 10.9. The Hall–Kier alpha value is -1.84. The molecule has 96 valence electrons. The highest BCUT2D eigenvalue weighted by atomic mass is 19.1. The summed E-state index contributed by atoms with van der Waals surface area (Å²) >= 11 is 0. The quantitative estimate of drug-likeness (QED) is 0.861. The number of amides is 1. The molecule has 1 aromatic heterocycles. The van der Waals surface area contributed by atoms with Gasteiger partial charge in [-0.3, -0.25) is 4.79 Å². The maximum absolute atomic E-state index is 13.5. The van der Waals surface area contributed by atoms with Crippen LogP contribution in [0.3, 0.4) is 0 Å². The van der Waals surface area contributed by atoms with E-state index in [-0.39, 0.29) is 11.7 Å². The van der Waals surface area contributed by atoms with E-state index in [1.54, 1.807) is 0 Å². The van der Waals surface area contributed by atoms with Crippen LogP contribution < -0.4 is 5.32 Å². The number of aryl methyl sites for hydroxylation is 2. The lowest BCUT2D eigenvalue weighted by molar-refractivity contribution is 0.0955. The van der Waals surface area contributed by atoms with Gasteiger partial charge in [-0.25, -0.2) is 4.39 Å². The molecule has 0 atom stereocenters. The molecule has 0 unspecified atom stereocenters. The molecule has 0 bridgehead atoms. The molecule has 1 heterocycles. The molecular weight excluding hydrogens is 231 g/mol. The van der Waals surface area contributed by atoms with Crippen molar-refractivity contribution in [3.63, 3.8) is 0 Å². The number of H-pyrrole nitrogens is 1. The van der Waals surface area contributed by atoms with Gasteiger partial charge in [-0.2, -0.15) is 0 Å². The average Bonchev–Trinajstić information content (AvgIpc) is 2.63. The number of halogens is 1. The van der Waals surface area contributed by atoms with E-state index in [1.165, 1.54) is 12.1 Å². The van der Waals surface area contributed by atoms with E-state index in [9.17, 15) is 9.18 Å². The molecule has 0 radical (unpaired) electrons. The third-order valence-electron chi connectivity index (χ3n) is 3.02. The second-order valence-corrected chi connectivity index (χ2v) is 4.53. The SMILES string of the molecule is CCCNC(=O)c1c(C)[nH]c2c(C)cc(F)cc12. The first-order valence-corrected chi connectivity index (χ1v) is 6.11. The molecule has 2 rings (SSSR count). The summed E-state index contributed by atoms with van der Waals surface area (Å²) in [5.74, 6) is -0.464. The molecular formula is C14H17FN2O. The topological polar surface area (TPSA) is 44.9 Å². The molecule has 0 aliphatic carbocycles. The molecule has 0 fully saturated rings. The molecule has 18 heavy (non-hydrogen) atoms. The molecule has 2 aromatic rings. The summed E-state index contributed by atoms with van der Waals surface area (Å²) in [6, 6.07) is 2.87. The van der Waals surface area contributed by atoms with Crippen LogP contribution in [0, 0.1) is 19.7 Å². The summed E-state index contributed by atoms with van der Waals surface area (Å²) in [5, 5.41) is 3.48. The van der Waals surface area contributed by atoms with Gasteiger partial charge >= 0.3 is 0 Å². The van der Waals surface area contributed by atoms with E-state index in [2.05, 4.69) is 10.3 Å². The number of carbonyl (C=O) groups is 1. The largest absolute Gasteiger partial charge is 0.358 e. The van der Waals surface area contributed by atoms with Gasteiger partial charge < -0.3 is 10.3 Å². The number of benzene rings is 1. The Labute approximate surface area is 105 Å². The van der Waals surface area contributed by atoms with Crippen molar-refractivity contribution in [1.82, 2.24) is 10.3 Å². The molecule has 0 saturated carbocycles. The van der Waals surface area contributed by atoms with Crippen LogP contribution in [0.2, 0.25) is 0 Å². The van der Waals surface area contributed by atoms with Gasteiger partial charge in [0.1, 0.15) is 5.82 Å². The smallest absolute Gasteiger partial charge is 0.253 e. The number of hydrogen-bond acceptors (Lipinski definition) is 1. The number of nitrogens with one attached hydrogen (secondary N) is 2. The Balaban J connectivity index is 2.56. The lowest BCUT2D eigenvalue weighted by Crippen LogP contribution is -2.24. The van der Waals surface area contributed by atoms with Crippen LogP contribution in [0.1, 0.15) is 35.0 Å². The highest BCUT2D eigenvalue weighted by Gasteiger charge is 2.17. The van der Waals surface area contributed by atoms with Gasteiger partial charge in [0, 0.05) is 23.1 Å². The first-order chi connectivity index (χ1) is 8.54. The molecule has 0 aliphatic heterocycles. The summed E-state index contributed by atoms with van der Waals surface area (Å²) in [7, 11) is 0. The van der Waals surface area contributed by atoms with Crippen LogP contribution in [-0.2, 0) is 0 Å². The maximum atomic E-state index is 13.5. The van der Waals surface area contributed by atoms with E-state index in [0.717, 1.165) is 23.2 Å². The van der Waals surface area contributed by atoms with Crippen molar-refractivity contribution in [1.29, 1.82) is 0 Å². The third-order valence-corrected chi connectivity index (χ3v) is 3.02. The van der Waals surface area contributed by atoms with Crippen molar-refractivity contribution in [2.45, 2.75) is 27.2 Å². The minimum Gasteiger partial charge on any atom is -0.358 e. The van der Waals surface area contributed by atoms with Crippen molar-refractivity contribution in [2.75, 3.05) is 6.54 Å². The minimum absolute atomic E-state index is 0.148. The van der Waals surface area contributed by atoms with Crippen molar-refractivity contribution >= 4 is 16.8 Å². The van der Waals surface area contributed by atoms with E-state index >= 15 is 0 Å². The maximum Gasteiger partial charge on any atom is 0.253 e. The molecule has 1 amide bonds. The Kier molecular flexibility index (Phi) is 3.36. The first kappa shape index (κ1) is 12.6. The number of rotatable bonds is 3. The van der Waals surface area contributed by atoms with Crippen LogP contribution in [0.15, 0.2) is 12.1 Å². The number of carbonyl (C=O) groups excluding carboxylic acids is 1. The zero-order chi connectivity index (χ0) is 13.3. The van der Waals surface area contributed by atoms with Crippen molar-refractivity contribution in [3.05, 3.63) is 34.8 Å². The Bertz CT molecular complexity index is 601. The third kappa shape index (κ3) is 2.10. The average molecular weight is 248 g/mol. The van der Waals surface area contributed by atoms with E-state index < -0.39 is 0 Å². The second-order valence-electron chi connectivity index (χ2n) is 4.53. The Morgan fingerprint density at radius 1 is 1.39 bits per heavy atom. The Morgan fingerprint density at radius 3 is 2.78 bits per heavy atom. The molecule has 0 aliphatic rings. The minimum atomic E-state index is -0.316.